The zero-order valence-electron chi connectivity index (χ0n) is 13.6. The lowest BCUT2D eigenvalue weighted by atomic mass is 10.0. The molecular weight excluding hydrogens is 324 g/mol. The van der Waals surface area contributed by atoms with E-state index in [1.165, 1.54) is 5.56 Å². The van der Waals surface area contributed by atoms with Gasteiger partial charge in [0.1, 0.15) is 5.75 Å². The molecule has 0 aromatic heterocycles. The Morgan fingerprint density at radius 1 is 1.12 bits per heavy atom. The summed E-state index contributed by atoms with van der Waals surface area (Å²) < 4.78 is 5.48. The number of phenolic OH excluding ortho intramolecular Hbond substituents is 1. The molecule has 0 amide bonds. The molecule has 1 heterocycles. The molecule has 1 atom stereocenters. The zero-order chi connectivity index (χ0) is 16.8. The highest BCUT2D eigenvalue weighted by Crippen LogP contribution is 2.24. The van der Waals surface area contributed by atoms with Crippen LogP contribution in [0.25, 0.3) is 0 Å². The molecule has 1 unspecified atom stereocenters. The molecule has 0 radical (unpaired) electrons. The highest BCUT2D eigenvalue weighted by Gasteiger charge is 2.22. The fourth-order valence-corrected chi connectivity index (χ4v) is 3.28. The summed E-state index contributed by atoms with van der Waals surface area (Å²) in [6.07, 6.45) is 0. The average Bonchev–Trinajstić information content (AvgIpc) is 2.59. The van der Waals surface area contributed by atoms with E-state index in [-0.39, 0.29) is 6.04 Å². The van der Waals surface area contributed by atoms with Gasteiger partial charge in [-0.05, 0) is 35.4 Å². The zero-order valence-corrected chi connectivity index (χ0v) is 14.4. The summed E-state index contributed by atoms with van der Waals surface area (Å²) in [4.78, 5) is 2.44. The molecule has 5 heteroatoms. The van der Waals surface area contributed by atoms with Gasteiger partial charge in [0.15, 0.2) is 0 Å². The second-order valence-corrected chi connectivity index (χ2v) is 6.46. The van der Waals surface area contributed by atoms with Crippen molar-refractivity contribution in [2.45, 2.75) is 12.6 Å². The van der Waals surface area contributed by atoms with Crippen molar-refractivity contribution in [3.63, 3.8) is 0 Å². The van der Waals surface area contributed by atoms with Crippen LogP contribution >= 0.6 is 11.6 Å². The smallest absolute Gasteiger partial charge is 0.115 e. The van der Waals surface area contributed by atoms with Crippen LogP contribution in [0.3, 0.4) is 0 Å². The monoisotopic (exact) mass is 346 g/mol. The van der Waals surface area contributed by atoms with Crippen LogP contribution in [0.15, 0.2) is 48.5 Å². The Morgan fingerprint density at radius 3 is 2.67 bits per heavy atom. The van der Waals surface area contributed by atoms with E-state index in [9.17, 15) is 5.11 Å². The van der Waals surface area contributed by atoms with Crippen LogP contribution in [-0.2, 0) is 11.3 Å². The van der Waals surface area contributed by atoms with E-state index in [0.29, 0.717) is 5.75 Å². The molecule has 0 aliphatic carbocycles. The van der Waals surface area contributed by atoms with Crippen molar-refractivity contribution >= 4 is 11.6 Å². The lowest BCUT2D eigenvalue weighted by Gasteiger charge is -2.35. The van der Waals surface area contributed by atoms with Gasteiger partial charge < -0.3 is 15.2 Å². The molecule has 2 aromatic rings. The van der Waals surface area contributed by atoms with Crippen LogP contribution in [-0.4, -0.2) is 42.9 Å². The largest absolute Gasteiger partial charge is 0.508 e. The van der Waals surface area contributed by atoms with Crippen LogP contribution in [0.4, 0.5) is 0 Å². The van der Waals surface area contributed by atoms with Crippen molar-refractivity contribution in [3.8, 4) is 5.75 Å². The molecule has 128 valence electrons. The molecule has 2 N–H and O–H groups in total. The summed E-state index contributed by atoms with van der Waals surface area (Å²) >= 11 is 6.18. The second kappa shape index (κ2) is 8.49. The summed E-state index contributed by atoms with van der Waals surface area (Å²) in [7, 11) is 0. The van der Waals surface area contributed by atoms with Gasteiger partial charge in [-0.15, -0.1) is 0 Å². The molecular formula is C19H23ClN2O2. The number of phenols is 1. The van der Waals surface area contributed by atoms with Crippen LogP contribution in [0.1, 0.15) is 17.2 Å². The van der Waals surface area contributed by atoms with Gasteiger partial charge in [-0.1, -0.05) is 35.9 Å². The number of aromatic hydroxyl groups is 1. The number of ether oxygens (including phenoxy) is 1. The first-order chi connectivity index (χ1) is 11.7. The molecule has 24 heavy (non-hydrogen) atoms. The van der Waals surface area contributed by atoms with Crippen molar-refractivity contribution in [1.82, 2.24) is 10.2 Å². The van der Waals surface area contributed by atoms with E-state index in [2.05, 4.69) is 16.3 Å². The first-order valence-electron chi connectivity index (χ1n) is 8.28. The highest BCUT2D eigenvalue weighted by atomic mass is 35.5. The van der Waals surface area contributed by atoms with Crippen molar-refractivity contribution in [2.24, 2.45) is 0 Å². The van der Waals surface area contributed by atoms with Crippen LogP contribution < -0.4 is 5.32 Å². The van der Waals surface area contributed by atoms with Crippen LogP contribution in [0, 0.1) is 0 Å². The summed E-state index contributed by atoms with van der Waals surface area (Å²) in [5, 5.41) is 13.8. The summed E-state index contributed by atoms with van der Waals surface area (Å²) in [6, 6.07) is 15.7. The predicted molar refractivity (Wildman–Crippen MR) is 96.4 cm³/mol. The van der Waals surface area contributed by atoms with E-state index >= 15 is 0 Å². The molecule has 0 spiro atoms. The van der Waals surface area contributed by atoms with Crippen molar-refractivity contribution < 1.29 is 9.84 Å². The fraction of sp³-hybridized carbons (Fsp3) is 0.368. The SMILES string of the molecule is Oc1cccc(CNCC(c2cccc(Cl)c2)N2CCOCC2)c1. The van der Waals surface area contributed by atoms with E-state index in [4.69, 9.17) is 16.3 Å². The summed E-state index contributed by atoms with van der Waals surface area (Å²) in [5.41, 5.74) is 2.29. The van der Waals surface area contributed by atoms with Crippen molar-refractivity contribution in [3.05, 3.63) is 64.7 Å². The molecule has 1 aliphatic rings. The number of nitrogens with zero attached hydrogens (tertiary/aromatic N) is 1. The third kappa shape index (κ3) is 4.71. The van der Waals surface area contributed by atoms with E-state index in [0.717, 1.165) is 50.0 Å². The van der Waals surface area contributed by atoms with Gasteiger partial charge in [-0.2, -0.15) is 0 Å². The minimum Gasteiger partial charge on any atom is -0.508 e. The van der Waals surface area contributed by atoms with Crippen LogP contribution in [0.5, 0.6) is 5.75 Å². The molecule has 1 saturated heterocycles. The first-order valence-corrected chi connectivity index (χ1v) is 8.66. The van der Waals surface area contributed by atoms with Crippen molar-refractivity contribution in [1.29, 1.82) is 0 Å². The van der Waals surface area contributed by atoms with Gasteiger partial charge in [0.2, 0.25) is 0 Å². The van der Waals surface area contributed by atoms with Gasteiger partial charge in [-0.3, -0.25) is 4.90 Å². The Hall–Kier alpha value is -1.59. The summed E-state index contributed by atoms with van der Waals surface area (Å²) in [5.74, 6) is 0.300. The third-order valence-corrected chi connectivity index (χ3v) is 4.53. The lowest BCUT2D eigenvalue weighted by molar-refractivity contribution is 0.0161. The fourth-order valence-electron chi connectivity index (χ4n) is 3.08. The maximum absolute atomic E-state index is 9.57. The van der Waals surface area contributed by atoms with E-state index < -0.39 is 0 Å². The topological polar surface area (TPSA) is 44.7 Å². The number of halogens is 1. The normalized spacial score (nSPS) is 16.9. The van der Waals surface area contributed by atoms with E-state index in [1.807, 2.05) is 30.3 Å². The van der Waals surface area contributed by atoms with Gasteiger partial charge >= 0.3 is 0 Å². The van der Waals surface area contributed by atoms with Crippen LogP contribution in [0.2, 0.25) is 5.02 Å². The standard InChI is InChI=1S/C19H23ClN2O2/c20-17-5-2-4-16(12-17)19(22-7-9-24-10-8-22)14-21-13-15-3-1-6-18(23)11-15/h1-6,11-12,19,21,23H,7-10,13-14H2. The molecule has 3 rings (SSSR count). The minimum atomic E-state index is 0.255. The number of benzene rings is 2. The third-order valence-electron chi connectivity index (χ3n) is 4.30. The highest BCUT2D eigenvalue weighted by molar-refractivity contribution is 6.30. The Balaban J connectivity index is 1.67. The first kappa shape index (κ1) is 17.2. The Morgan fingerprint density at radius 2 is 1.92 bits per heavy atom. The number of nitrogens with one attached hydrogen (secondary N) is 1. The molecule has 1 fully saturated rings. The van der Waals surface area contributed by atoms with Gasteiger partial charge in [0.25, 0.3) is 0 Å². The Bertz CT molecular complexity index is 659. The van der Waals surface area contributed by atoms with Gasteiger partial charge in [0.05, 0.1) is 13.2 Å². The van der Waals surface area contributed by atoms with E-state index in [1.54, 1.807) is 12.1 Å². The van der Waals surface area contributed by atoms with Crippen molar-refractivity contribution in [2.75, 3.05) is 32.8 Å². The summed E-state index contributed by atoms with van der Waals surface area (Å²) in [6.45, 7) is 4.91. The number of hydrogen-bond acceptors (Lipinski definition) is 4. The Kier molecular flexibility index (Phi) is 6.10. The molecule has 0 saturated carbocycles. The molecule has 1 aliphatic heterocycles. The number of hydrogen-bond donors (Lipinski definition) is 2. The maximum atomic E-state index is 9.57. The Labute approximate surface area is 148 Å². The molecule has 0 bridgehead atoms. The van der Waals surface area contributed by atoms with Gasteiger partial charge in [0, 0.05) is 37.2 Å². The number of morpholine rings is 1. The predicted octanol–water partition coefficient (Wildman–Crippen LogP) is 3.21. The molecule has 2 aromatic carbocycles. The molecule has 4 nitrogen and oxygen atoms in total. The minimum absolute atomic E-state index is 0.255. The van der Waals surface area contributed by atoms with Gasteiger partial charge in [-0.25, -0.2) is 0 Å². The number of rotatable bonds is 6. The second-order valence-electron chi connectivity index (χ2n) is 6.02. The average molecular weight is 347 g/mol. The lowest BCUT2D eigenvalue weighted by Crippen LogP contribution is -2.42. The quantitative estimate of drug-likeness (QED) is 0.843. The maximum Gasteiger partial charge on any atom is 0.115 e.